The minimum Gasteiger partial charge on any atom is -0.344 e. The van der Waals surface area contributed by atoms with Gasteiger partial charge in [0.25, 0.3) is 0 Å². The third-order valence-corrected chi connectivity index (χ3v) is 4.97. The van der Waals surface area contributed by atoms with E-state index in [1.807, 2.05) is 36.9 Å². The van der Waals surface area contributed by atoms with Crippen molar-refractivity contribution >= 4 is 11.8 Å². The van der Waals surface area contributed by atoms with Crippen LogP contribution in [0.2, 0.25) is 0 Å². The highest BCUT2D eigenvalue weighted by Crippen LogP contribution is 2.20. The fourth-order valence-corrected chi connectivity index (χ4v) is 3.41. The number of carbonyl (C=O) groups excluding carboxylic acids is 2. The van der Waals surface area contributed by atoms with Crippen LogP contribution >= 0.6 is 0 Å². The lowest BCUT2D eigenvalue weighted by Crippen LogP contribution is -2.52. The lowest BCUT2D eigenvalue weighted by atomic mass is 9.97. The Morgan fingerprint density at radius 2 is 1.74 bits per heavy atom. The Labute approximate surface area is 159 Å². The Morgan fingerprint density at radius 3 is 2.41 bits per heavy atom. The van der Waals surface area contributed by atoms with Crippen molar-refractivity contribution < 1.29 is 14.0 Å². The molecule has 27 heavy (non-hydrogen) atoms. The molecule has 142 valence electrons. The summed E-state index contributed by atoms with van der Waals surface area (Å²) in [5, 5.41) is 2.88. The molecule has 5 heteroatoms. The van der Waals surface area contributed by atoms with Gasteiger partial charge in [-0.3, -0.25) is 9.59 Å². The molecule has 0 radical (unpaired) electrons. The van der Waals surface area contributed by atoms with Crippen molar-refractivity contribution in [2.75, 3.05) is 6.54 Å². The Kier molecular flexibility index (Phi) is 5.89. The van der Waals surface area contributed by atoms with Gasteiger partial charge < -0.3 is 10.2 Å². The van der Waals surface area contributed by atoms with Crippen LogP contribution in [-0.2, 0) is 29.0 Å². The molecule has 0 bridgehead atoms. The van der Waals surface area contributed by atoms with Gasteiger partial charge in [-0.05, 0) is 41.2 Å². The zero-order valence-electron chi connectivity index (χ0n) is 15.7. The SMILES string of the molecule is CC(C)[C@@H](NC(=O)Cc1ccc(F)cc1)C(=O)N1CCc2ccccc2C1. The van der Waals surface area contributed by atoms with Gasteiger partial charge >= 0.3 is 0 Å². The van der Waals surface area contributed by atoms with Gasteiger partial charge in [-0.25, -0.2) is 4.39 Å². The minimum atomic E-state index is -0.566. The van der Waals surface area contributed by atoms with Gasteiger partial charge in [0.15, 0.2) is 0 Å². The smallest absolute Gasteiger partial charge is 0.245 e. The molecule has 1 atom stereocenters. The minimum absolute atomic E-state index is 0.0214. The predicted molar refractivity (Wildman–Crippen MR) is 102 cm³/mol. The molecular formula is C22H25FN2O2. The first-order valence-corrected chi connectivity index (χ1v) is 9.33. The molecule has 1 heterocycles. The molecule has 4 nitrogen and oxygen atoms in total. The fraction of sp³-hybridized carbons (Fsp3) is 0.364. The molecule has 0 fully saturated rings. The van der Waals surface area contributed by atoms with Crippen LogP contribution < -0.4 is 5.32 Å². The van der Waals surface area contributed by atoms with Gasteiger partial charge in [-0.15, -0.1) is 0 Å². The van der Waals surface area contributed by atoms with Crippen LogP contribution in [0.4, 0.5) is 4.39 Å². The molecule has 1 aliphatic rings. The van der Waals surface area contributed by atoms with E-state index in [0.29, 0.717) is 13.1 Å². The van der Waals surface area contributed by atoms with Crippen molar-refractivity contribution in [3.63, 3.8) is 0 Å². The summed E-state index contributed by atoms with van der Waals surface area (Å²) in [5.74, 6) is -0.635. The molecule has 0 unspecified atom stereocenters. The van der Waals surface area contributed by atoms with E-state index < -0.39 is 6.04 Å². The summed E-state index contributed by atoms with van der Waals surface area (Å²) in [4.78, 5) is 27.3. The maximum Gasteiger partial charge on any atom is 0.245 e. The van der Waals surface area contributed by atoms with Crippen LogP contribution in [0.1, 0.15) is 30.5 Å². The number of benzene rings is 2. The molecular weight excluding hydrogens is 343 g/mol. The van der Waals surface area contributed by atoms with Crippen molar-refractivity contribution in [2.45, 2.75) is 39.3 Å². The van der Waals surface area contributed by atoms with Crippen molar-refractivity contribution in [3.05, 3.63) is 71.0 Å². The fourth-order valence-electron chi connectivity index (χ4n) is 3.41. The molecule has 0 aromatic heterocycles. The van der Waals surface area contributed by atoms with Crippen LogP contribution in [0.15, 0.2) is 48.5 Å². The van der Waals surface area contributed by atoms with Crippen LogP contribution in [0, 0.1) is 11.7 Å². The number of rotatable bonds is 5. The molecule has 1 aliphatic heterocycles. The van der Waals surface area contributed by atoms with E-state index >= 15 is 0 Å². The number of hydrogen-bond acceptors (Lipinski definition) is 2. The topological polar surface area (TPSA) is 49.4 Å². The third-order valence-electron chi connectivity index (χ3n) is 4.97. The highest BCUT2D eigenvalue weighted by molar-refractivity contribution is 5.88. The number of carbonyl (C=O) groups is 2. The zero-order valence-corrected chi connectivity index (χ0v) is 15.7. The van der Waals surface area contributed by atoms with E-state index in [9.17, 15) is 14.0 Å². The van der Waals surface area contributed by atoms with Crippen molar-refractivity contribution in [1.82, 2.24) is 10.2 Å². The Bertz CT molecular complexity index is 817. The Balaban J connectivity index is 1.65. The van der Waals surface area contributed by atoms with Gasteiger partial charge in [0, 0.05) is 13.1 Å². The number of halogens is 1. The van der Waals surface area contributed by atoms with Crippen LogP contribution in [0.5, 0.6) is 0 Å². The Morgan fingerprint density at radius 1 is 1.07 bits per heavy atom. The van der Waals surface area contributed by atoms with E-state index in [4.69, 9.17) is 0 Å². The molecule has 2 amide bonds. The molecule has 0 saturated heterocycles. The molecule has 3 rings (SSSR count). The monoisotopic (exact) mass is 368 g/mol. The normalized spacial score (nSPS) is 14.6. The maximum absolute atomic E-state index is 13.0. The molecule has 0 spiro atoms. The summed E-state index contributed by atoms with van der Waals surface area (Å²) in [6.07, 6.45) is 0.954. The lowest BCUT2D eigenvalue weighted by Gasteiger charge is -2.33. The molecule has 0 saturated carbocycles. The van der Waals surface area contributed by atoms with E-state index in [0.717, 1.165) is 17.5 Å². The summed E-state index contributed by atoms with van der Waals surface area (Å²) < 4.78 is 13.0. The second kappa shape index (κ2) is 8.33. The van der Waals surface area contributed by atoms with Crippen LogP contribution in [0.25, 0.3) is 0 Å². The average Bonchev–Trinajstić information content (AvgIpc) is 2.67. The van der Waals surface area contributed by atoms with E-state index in [2.05, 4.69) is 11.4 Å². The van der Waals surface area contributed by atoms with Gasteiger partial charge in [-0.2, -0.15) is 0 Å². The first-order chi connectivity index (χ1) is 12.9. The zero-order chi connectivity index (χ0) is 19.4. The second-order valence-corrected chi connectivity index (χ2v) is 7.37. The number of nitrogens with zero attached hydrogens (tertiary/aromatic N) is 1. The largest absolute Gasteiger partial charge is 0.344 e. The van der Waals surface area contributed by atoms with Gasteiger partial charge in [0.2, 0.25) is 11.8 Å². The molecule has 0 aliphatic carbocycles. The summed E-state index contributed by atoms with van der Waals surface area (Å²) in [6, 6.07) is 13.4. The first kappa shape index (κ1) is 19.1. The third kappa shape index (κ3) is 4.73. The van der Waals surface area contributed by atoms with E-state index in [1.54, 1.807) is 12.1 Å². The first-order valence-electron chi connectivity index (χ1n) is 9.33. The summed E-state index contributed by atoms with van der Waals surface area (Å²) in [6.45, 7) is 5.09. The highest BCUT2D eigenvalue weighted by atomic mass is 19.1. The van der Waals surface area contributed by atoms with Crippen molar-refractivity contribution in [2.24, 2.45) is 5.92 Å². The van der Waals surface area contributed by atoms with Crippen LogP contribution in [0.3, 0.4) is 0 Å². The summed E-state index contributed by atoms with van der Waals surface area (Å²) >= 11 is 0. The molecule has 2 aromatic carbocycles. The molecule has 1 N–H and O–H groups in total. The Hall–Kier alpha value is -2.69. The van der Waals surface area contributed by atoms with E-state index in [-0.39, 0.29) is 30.0 Å². The molecule has 2 aromatic rings. The van der Waals surface area contributed by atoms with Gasteiger partial charge in [0.1, 0.15) is 11.9 Å². The van der Waals surface area contributed by atoms with Crippen molar-refractivity contribution in [3.8, 4) is 0 Å². The highest BCUT2D eigenvalue weighted by Gasteiger charge is 2.30. The number of amides is 2. The second-order valence-electron chi connectivity index (χ2n) is 7.37. The van der Waals surface area contributed by atoms with Crippen molar-refractivity contribution in [1.29, 1.82) is 0 Å². The summed E-state index contributed by atoms with van der Waals surface area (Å²) in [7, 11) is 0. The van der Waals surface area contributed by atoms with Gasteiger partial charge in [0.05, 0.1) is 6.42 Å². The van der Waals surface area contributed by atoms with Crippen LogP contribution in [-0.4, -0.2) is 29.3 Å². The maximum atomic E-state index is 13.0. The van der Waals surface area contributed by atoms with Gasteiger partial charge in [-0.1, -0.05) is 50.2 Å². The number of nitrogens with one attached hydrogen (secondary N) is 1. The van der Waals surface area contributed by atoms with E-state index in [1.165, 1.54) is 17.7 Å². The summed E-state index contributed by atoms with van der Waals surface area (Å²) in [5.41, 5.74) is 3.16. The number of hydrogen-bond donors (Lipinski definition) is 1. The number of fused-ring (bicyclic) bond motifs is 1. The average molecular weight is 368 g/mol. The predicted octanol–water partition coefficient (Wildman–Crippen LogP) is 3.09. The standard InChI is InChI=1S/C22H25FN2O2/c1-15(2)21(24-20(26)13-16-7-9-19(23)10-8-16)22(27)25-12-11-17-5-3-4-6-18(17)14-25/h3-10,15,21H,11-14H2,1-2H3,(H,24,26)/t21-/m1/s1. The lowest BCUT2D eigenvalue weighted by molar-refractivity contribution is -0.138. The quantitative estimate of drug-likeness (QED) is 0.882.